The summed E-state index contributed by atoms with van der Waals surface area (Å²) < 4.78 is 2.35. The highest BCUT2D eigenvalue weighted by Gasteiger charge is 2.14. The van der Waals surface area contributed by atoms with Crippen LogP contribution in [0, 0.1) is 0 Å². The first-order valence-electron chi connectivity index (χ1n) is 12.5. The molecule has 0 unspecified atom stereocenters. The molecule has 32 heavy (non-hydrogen) atoms. The molecule has 1 fully saturated rings. The van der Waals surface area contributed by atoms with Crippen molar-refractivity contribution in [1.82, 2.24) is 30.3 Å². The standard InChI is InChI=1S/C25H39N7/c1-2-26-25(27-15-8-10-24-30-29-23-9-4-3-5-18-32(23)24)28-19-21-11-13-22(14-12-21)20-31-16-6-7-17-31/h11-14H,2-10,15-20H2,1H3,(H2,26,27,28). The Balaban J connectivity index is 1.23. The SMILES string of the molecule is CCNC(=NCc1ccc(CN2CCCC2)cc1)NCCCc1nnc2n1CCCCC2. The van der Waals surface area contributed by atoms with E-state index in [9.17, 15) is 0 Å². The maximum atomic E-state index is 4.78. The molecule has 2 aliphatic rings. The summed E-state index contributed by atoms with van der Waals surface area (Å²) in [4.78, 5) is 7.32. The molecule has 3 heterocycles. The van der Waals surface area contributed by atoms with Crippen LogP contribution in [0.4, 0.5) is 0 Å². The van der Waals surface area contributed by atoms with E-state index in [4.69, 9.17) is 4.99 Å². The van der Waals surface area contributed by atoms with E-state index in [0.29, 0.717) is 6.54 Å². The minimum absolute atomic E-state index is 0.691. The number of aryl methyl sites for hydroxylation is 2. The van der Waals surface area contributed by atoms with Gasteiger partial charge in [0.1, 0.15) is 11.6 Å². The number of fused-ring (bicyclic) bond motifs is 1. The van der Waals surface area contributed by atoms with Crippen LogP contribution < -0.4 is 10.6 Å². The molecule has 0 aliphatic carbocycles. The summed E-state index contributed by atoms with van der Waals surface area (Å²) in [5.74, 6) is 3.19. The molecule has 2 aliphatic heterocycles. The van der Waals surface area contributed by atoms with E-state index < -0.39 is 0 Å². The highest BCUT2D eigenvalue weighted by molar-refractivity contribution is 5.79. The molecule has 7 heteroatoms. The van der Waals surface area contributed by atoms with E-state index in [1.165, 1.54) is 62.1 Å². The van der Waals surface area contributed by atoms with Gasteiger partial charge in [-0.25, -0.2) is 4.99 Å². The smallest absolute Gasteiger partial charge is 0.191 e. The number of rotatable bonds is 9. The van der Waals surface area contributed by atoms with Crippen molar-refractivity contribution in [2.75, 3.05) is 26.2 Å². The quantitative estimate of drug-likeness (QED) is 0.358. The molecule has 0 radical (unpaired) electrons. The van der Waals surface area contributed by atoms with Gasteiger partial charge < -0.3 is 15.2 Å². The van der Waals surface area contributed by atoms with Crippen LogP contribution in [-0.2, 0) is 32.5 Å². The molecule has 4 rings (SSSR count). The number of hydrogen-bond donors (Lipinski definition) is 2. The summed E-state index contributed by atoms with van der Waals surface area (Å²) in [5.41, 5.74) is 2.65. The van der Waals surface area contributed by atoms with Gasteiger partial charge in [0.25, 0.3) is 0 Å². The van der Waals surface area contributed by atoms with Crippen LogP contribution in [0.1, 0.15) is 68.2 Å². The van der Waals surface area contributed by atoms with Gasteiger partial charge >= 0.3 is 0 Å². The molecule has 0 saturated carbocycles. The molecule has 0 spiro atoms. The molecule has 1 aromatic heterocycles. The van der Waals surface area contributed by atoms with Crippen LogP contribution >= 0.6 is 0 Å². The molecule has 2 aromatic rings. The Hall–Kier alpha value is -2.41. The van der Waals surface area contributed by atoms with Crippen molar-refractivity contribution >= 4 is 5.96 Å². The number of nitrogens with zero attached hydrogens (tertiary/aromatic N) is 5. The summed E-state index contributed by atoms with van der Waals surface area (Å²) in [5, 5.41) is 15.7. The van der Waals surface area contributed by atoms with Crippen LogP contribution in [0.5, 0.6) is 0 Å². The Kier molecular flexibility index (Phi) is 8.54. The zero-order valence-electron chi connectivity index (χ0n) is 19.7. The maximum absolute atomic E-state index is 4.78. The second-order valence-electron chi connectivity index (χ2n) is 9.02. The van der Waals surface area contributed by atoms with Crippen LogP contribution in [0.15, 0.2) is 29.3 Å². The van der Waals surface area contributed by atoms with Crippen LogP contribution in [-0.4, -0.2) is 51.8 Å². The first kappa shape index (κ1) is 22.8. The van der Waals surface area contributed by atoms with E-state index in [2.05, 4.69) is 61.5 Å². The third kappa shape index (κ3) is 6.55. The van der Waals surface area contributed by atoms with Gasteiger partial charge in [-0.15, -0.1) is 10.2 Å². The van der Waals surface area contributed by atoms with Crippen molar-refractivity contribution < 1.29 is 0 Å². The molecule has 2 N–H and O–H groups in total. The van der Waals surface area contributed by atoms with Crippen molar-refractivity contribution in [1.29, 1.82) is 0 Å². The van der Waals surface area contributed by atoms with Crippen molar-refractivity contribution in [3.63, 3.8) is 0 Å². The zero-order chi connectivity index (χ0) is 22.0. The van der Waals surface area contributed by atoms with Gasteiger partial charge in [0.05, 0.1) is 6.54 Å². The van der Waals surface area contributed by atoms with E-state index in [1.807, 2.05) is 0 Å². The first-order valence-corrected chi connectivity index (χ1v) is 12.5. The average molecular weight is 438 g/mol. The lowest BCUT2D eigenvalue weighted by Gasteiger charge is -2.14. The molecule has 7 nitrogen and oxygen atoms in total. The Morgan fingerprint density at radius 1 is 0.938 bits per heavy atom. The number of hydrogen-bond acceptors (Lipinski definition) is 4. The molecule has 1 saturated heterocycles. The monoisotopic (exact) mass is 437 g/mol. The summed E-state index contributed by atoms with van der Waals surface area (Å²) in [7, 11) is 0. The number of aromatic nitrogens is 3. The molecular formula is C25H39N7. The topological polar surface area (TPSA) is 70.4 Å². The predicted molar refractivity (Wildman–Crippen MR) is 130 cm³/mol. The van der Waals surface area contributed by atoms with Crippen molar-refractivity contribution in [2.45, 2.75) is 77.9 Å². The normalized spacial score (nSPS) is 17.2. The Labute approximate surface area is 192 Å². The minimum atomic E-state index is 0.691. The fourth-order valence-electron chi connectivity index (χ4n) is 4.64. The lowest BCUT2D eigenvalue weighted by molar-refractivity contribution is 0.331. The van der Waals surface area contributed by atoms with Gasteiger partial charge in [-0.1, -0.05) is 30.7 Å². The molecule has 1 aromatic carbocycles. The van der Waals surface area contributed by atoms with E-state index >= 15 is 0 Å². The van der Waals surface area contributed by atoms with Gasteiger partial charge in [0.2, 0.25) is 0 Å². The minimum Gasteiger partial charge on any atom is -0.357 e. The van der Waals surface area contributed by atoms with Crippen LogP contribution in [0.2, 0.25) is 0 Å². The molecule has 0 bridgehead atoms. The lowest BCUT2D eigenvalue weighted by atomic mass is 10.1. The third-order valence-corrected chi connectivity index (χ3v) is 6.45. The number of aliphatic imine (C=N–C) groups is 1. The highest BCUT2D eigenvalue weighted by Crippen LogP contribution is 2.15. The predicted octanol–water partition coefficient (Wildman–Crippen LogP) is 3.29. The zero-order valence-corrected chi connectivity index (χ0v) is 19.7. The first-order chi connectivity index (χ1) is 15.8. The second kappa shape index (κ2) is 12.0. The van der Waals surface area contributed by atoms with E-state index in [1.54, 1.807) is 0 Å². The van der Waals surface area contributed by atoms with Gasteiger partial charge in [-0.3, -0.25) is 4.90 Å². The summed E-state index contributed by atoms with van der Waals surface area (Å²) in [6, 6.07) is 8.95. The van der Waals surface area contributed by atoms with Crippen LogP contribution in [0.25, 0.3) is 0 Å². The van der Waals surface area contributed by atoms with E-state index in [-0.39, 0.29) is 0 Å². The summed E-state index contributed by atoms with van der Waals surface area (Å²) in [6.45, 7) is 9.16. The van der Waals surface area contributed by atoms with Crippen LogP contribution in [0.3, 0.4) is 0 Å². The summed E-state index contributed by atoms with van der Waals surface area (Å²) >= 11 is 0. The molecule has 0 atom stereocenters. The van der Waals surface area contributed by atoms with Crippen molar-refractivity contribution in [3.05, 3.63) is 47.0 Å². The van der Waals surface area contributed by atoms with Gasteiger partial charge in [-0.05, 0) is 63.2 Å². The summed E-state index contributed by atoms with van der Waals surface area (Å²) in [6.07, 6.45) is 9.51. The Morgan fingerprint density at radius 2 is 1.72 bits per heavy atom. The largest absolute Gasteiger partial charge is 0.357 e. The second-order valence-corrected chi connectivity index (χ2v) is 9.02. The highest BCUT2D eigenvalue weighted by atomic mass is 15.3. The van der Waals surface area contributed by atoms with E-state index in [0.717, 1.165) is 57.2 Å². The number of benzene rings is 1. The number of nitrogens with one attached hydrogen (secondary N) is 2. The molecule has 0 amide bonds. The van der Waals surface area contributed by atoms with Gasteiger partial charge in [0.15, 0.2) is 5.96 Å². The third-order valence-electron chi connectivity index (χ3n) is 6.45. The lowest BCUT2D eigenvalue weighted by Crippen LogP contribution is -2.37. The number of guanidine groups is 1. The van der Waals surface area contributed by atoms with Crippen molar-refractivity contribution in [2.24, 2.45) is 4.99 Å². The fourth-order valence-corrected chi connectivity index (χ4v) is 4.64. The Morgan fingerprint density at radius 3 is 2.53 bits per heavy atom. The maximum Gasteiger partial charge on any atom is 0.191 e. The number of likely N-dealkylation sites (tertiary alicyclic amines) is 1. The molecule has 174 valence electrons. The fraction of sp³-hybridized carbons (Fsp3) is 0.640. The molecular weight excluding hydrogens is 398 g/mol. The van der Waals surface area contributed by atoms with Gasteiger partial charge in [0, 0.05) is 39.0 Å². The Bertz CT molecular complexity index is 850. The van der Waals surface area contributed by atoms with Gasteiger partial charge in [-0.2, -0.15) is 0 Å². The average Bonchev–Trinajstić information content (AvgIpc) is 3.39. The van der Waals surface area contributed by atoms with Crippen molar-refractivity contribution in [3.8, 4) is 0 Å².